The molecule has 1 aromatic heterocycles. The predicted octanol–water partition coefficient (Wildman–Crippen LogP) is 1.49. The summed E-state index contributed by atoms with van der Waals surface area (Å²) in [5.41, 5.74) is 2.18. The summed E-state index contributed by atoms with van der Waals surface area (Å²) in [5.74, 6) is 0.846. The second-order valence-corrected chi connectivity index (χ2v) is 6.90. The highest BCUT2D eigenvalue weighted by atomic mass is 16.5. The number of piperidine rings is 1. The van der Waals surface area contributed by atoms with Gasteiger partial charge < -0.3 is 14.6 Å². The van der Waals surface area contributed by atoms with Gasteiger partial charge in [-0.05, 0) is 39.8 Å². The van der Waals surface area contributed by atoms with Gasteiger partial charge in [0.05, 0.1) is 30.6 Å². The molecule has 1 aliphatic carbocycles. The number of hydrogen-bond donors (Lipinski definition) is 1. The van der Waals surface area contributed by atoms with Crippen LogP contribution < -0.4 is 4.74 Å². The Kier molecular flexibility index (Phi) is 4.67. The molecule has 3 rings (SSSR count). The van der Waals surface area contributed by atoms with Crippen molar-refractivity contribution in [3.8, 4) is 5.88 Å². The second-order valence-electron chi connectivity index (χ2n) is 6.90. The van der Waals surface area contributed by atoms with E-state index >= 15 is 0 Å². The molecule has 2 atom stereocenters. The topological polar surface area (TPSA) is 59.8 Å². The van der Waals surface area contributed by atoms with Crippen LogP contribution in [0.3, 0.4) is 0 Å². The van der Waals surface area contributed by atoms with Crippen LogP contribution in [0.5, 0.6) is 5.88 Å². The highest BCUT2D eigenvalue weighted by Crippen LogP contribution is 2.51. The van der Waals surface area contributed by atoms with Crippen molar-refractivity contribution < 1.29 is 14.6 Å². The smallest absolute Gasteiger partial charge is 0.216 e. The number of nitrogens with zero attached hydrogens (tertiary/aromatic N) is 3. The van der Waals surface area contributed by atoms with Crippen LogP contribution in [-0.4, -0.2) is 58.8 Å². The highest BCUT2D eigenvalue weighted by molar-refractivity contribution is 5.30. The third-order valence-electron chi connectivity index (χ3n) is 5.76. The van der Waals surface area contributed by atoms with Crippen molar-refractivity contribution in [2.75, 3.05) is 26.8 Å². The minimum atomic E-state index is -0.198. The van der Waals surface area contributed by atoms with Crippen molar-refractivity contribution in [2.24, 2.45) is 12.5 Å². The van der Waals surface area contributed by atoms with E-state index in [2.05, 4.69) is 10.00 Å². The maximum Gasteiger partial charge on any atom is 0.216 e. The molecule has 0 bridgehead atoms. The second kappa shape index (κ2) is 6.42. The Hall–Kier alpha value is -1.11. The van der Waals surface area contributed by atoms with E-state index in [9.17, 15) is 5.11 Å². The minimum Gasteiger partial charge on any atom is -0.481 e. The van der Waals surface area contributed by atoms with E-state index in [1.54, 1.807) is 11.8 Å². The van der Waals surface area contributed by atoms with E-state index in [0.717, 1.165) is 57.1 Å². The van der Waals surface area contributed by atoms with Crippen LogP contribution in [0.25, 0.3) is 0 Å². The lowest BCUT2D eigenvalue weighted by Crippen LogP contribution is -2.62. The van der Waals surface area contributed by atoms with Crippen molar-refractivity contribution in [1.29, 1.82) is 0 Å². The van der Waals surface area contributed by atoms with Gasteiger partial charge in [-0.15, -0.1) is 0 Å². The molecule has 2 heterocycles. The van der Waals surface area contributed by atoms with Crippen molar-refractivity contribution in [3.63, 3.8) is 0 Å². The Morgan fingerprint density at radius 3 is 2.61 bits per heavy atom. The van der Waals surface area contributed by atoms with E-state index in [0.29, 0.717) is 0 Å². The number of rotatable bonds is 5. The van der Waals surface area contributed by atoms with Crippen LogP contribution in [0.4, 0.5) is 0 Å². The summed E-state index contributed by atoms with van der Waals surface area (Å²) < 4.78 is 13.1. The normalized spacial score (nSPS) is 27.2. The van der Waals surface area contributed by atoms with Crippen LogP contribution in [0.2, 0.25) is 0 Å². The number of aliphatic hydroxyl groups is 1. The third kappa shape index (κ3) is 2.77. The Balaban J connectivity index is 1.64. The van der Waals surface area contributed by atoms with Gasteiger partial charge in [-0.25, -0.2) is 4.68 Å². The molecular weight excluding hydrogens is 294 g/mol. The summed E-state index contributed by atoms with van der Waals surface area (Å²) in [6, 6.07) is 0. The molecule has 6 nitrogen and oxygen atoms in total. The molecule has 2 unspecified atom stereocenters. The summed E-state index contributed by atoms with van der Waals surface area (Å²) in [4.78, 5) is 2.44. The van der Waals surface area contributed by atoms with Gasteiger partial charge in [-0.3, -0.25) is 4.90 Å². The first-order valence-corrected chi connectivity index (χ1v) is 8.60. The predicted molar refractivity (Wildman–Crippen MR) is 87.5 cm³/mol. The Morgan fingerprint density at radius 2 is 2.04 bits per heavy atom. The molecule has 1 saturated heterocycles. The fourth-order valence-corrected chi connectivity index (χ4v) is 4.29. The molecule has 1 aliphatic heterocycles. The quantitative estimate of drug-likeness (QED) is 0.889. The van der Waals surface area contributed by atoms with E-state index in [1.807, 2.05) is 20.9 Å². The summed E-state index contributed by atoms with van der Waals surface area (Å²) in [6.07, 6.45) is 2.83. The summed E-state index contributed by atoms with van der Waals surface area (Å²) in [5, 5.41) is 14.8. The molecule has 0 radical (unpaired) electrons. The number of aryl methyl sites for hydroxylation is 2. The molecule has 1 N–H and O–H groups in total. The maximum atomic E-state index is 10.3. The van der Waals surface area contributed by atoms with Gasteiger partial charge in [-0.2, -0.15) is 5.10 Å². The molecule has 1 spiro atoms. The minimum absolute atomic E-state index is 0.0133. The molecule has 23 heavy (non-hydrogen) atoms. The SMILES string of the molecule is CCOC1CC(O)C12CCN(Cc1c(C)nn(C)c1OC)CC2. The molecule has 2 fully saturated rings. The number of ether oxygens (including phenoxy) is 2. The lowest BCUT2D eigenvalue weighted by atomic mass is 9.58. The number of aliphatic hydroxyl groups excluding tert-OH is 1. The van der Waals surface area contributed by atoms with E-state index in [1.165, 1.54) is 5.56 Å². The molecule has 0 amide bonds. The van der Waals surface area contributed by atoms with E-state index < -0.39 is 0 Å². The van der Waals surface area contributed by atoms with Gasteiger partial charge in [0.25, 0.3) is 0 Å². The lowest BCUT2D eigenvalue weighted by Gasteiger charge is -2.56. The first-order valence-electron chi connectivity index (χ1n) is 8.60. The first kappa shape index (κ1) is 16.7. The lowest BCUT2D eigenvalue weighted by molar-refractivity contribution is -0.209. The summed E-state index contributed by atoms with van der Waals surface area (Å²) in [6.45, 7) is 7.62. The molecular formula is C17H29N3O3. The summed E-state index contributed by atoms with van der Waals surface area (Å²) >= 11 is 0. The van der Waals surface area contributed by atoms with Crippen LogP contribution in [0, 0.1) is 12.3 Å². The van der Waals surface area contributed by atoms with Gasteiger partial charge >= 0.3 is 0 Å². The molecule has 6 heteroatoms. The summed E-state index contributed by atoms with van der Waals surface area (Å²) in [7, 11) is 3.61. The molecule has 1 aromatic rings. The third-order valence-corrected chi connectivity index (χ3v) is 5.76. The van der Waals surface area contributed by atoms with Gasteiger partial charge in [-0.1, -0.05) is 0 Å². The number of aromatic nitrogens is 2. The first-order chi connectivity index (χ1) is 11.0. The zero-order chi connectivity index (χ0) is 16.6. The van der Waals surface area contributed by atoms with Gasteiger partial charge in [0.1, 0.15) is 0 Å². The monoisotopic (exact) mass is 323 g/mol. The van der Waals surface area contributed by atoms with Crippen molar-refractivity contribution in [2.45, 2.75) is 51.9 Å². The Bertz CT molecular complexity index is 548. The Labute approximate surface area is 138 Å². The number of hydrogen-bond acceptors (Lipinski definition) is 5. The highest BCUT2D eigenvalue weighted by Gasteiger charge is 2.55. The molecule has 0 aromatic carbocycles. The van der Waals surface area contributed by atoms with Crippen LogP contribution in [-0.2, 0) is 18.3 Å². The fraction of sp³-hybridized carbons (Fsp3) is 0.824. The molecule has 2 aliphatic rings. The average Bonchev–Trinajstić information content (AvgIpc) is 2.81. The number of likely N-dealkylation sites (tertiary alicyclic amines) is 1. The van der Waals surface area contributed by atoms with E-state index in [-0.39, 0.29) is 17.6 Å². The van der Waals surface area contributed by atoms with Crippen LogP contribution >= 0.6 is 0 Å². The maximum absolute atomic E-state index is 10.3. The average molecular weight is 323 g/mol. The van der Waals surface area contributed by atoms with Gasteiger partial charge in [0, 0.05) is 32.0 Å². The van der Waals surface area contributed by atoms with Crippen molar-refractivity contribution in [3.05, 3.63) is 11.3 Å². The Morgan fingerprint density at radius 1 is 1.35 bits per heavy atom. The molecule has 1 saturated carbocycles. The zero-order valence-electron chi connectivity index (χ0n) is 14.7. The zero-order valence-corrected chi connectivity index (χ0v) is 14.7. The van der Waals surface area contributed by atoms with Crippen molar-refractivity contribution >= 4 is 0 Å². The molecule has 130 valence electrons. The largest absolute Gasteiger partial charge is 0.481 e. The van der Waals surface area contributed by atoms with Gasteiger partial charge in [0.2, 0.25) is 5.88 Å². The fourth-order valence-electron chi connectivity index (χ4n) is 4.29. The van der Waals surface area contributed by atoms with Crippen molar-refractivity contribution in [1.82, 2.24) is 14.7 Å². The number of methoxy groups -OCH3 is 1. The standard InChI is InChI=1S/C17H29N3O3/c1-5-23-15-10-14(21)17(15)6-8-20(9-7-17)11-13-12(2)18-19(3)16(13)22-4/h14-15,21H,5-11H2,1-4H3. The van der Waals surface area contributed by atoms with Gasteiger partial charge in [0.15, 0.2) is 0 Å². The van der Waals surface area contributed by atoms with E-state index in [4.69, 9.17) is 9.47 Å². The van der Waals surface area contributed by atoms with Crippen LogP contribution in [0.1, 0.15) is 37.4 Å². The van der Waals surface area contributed by atoms with Crippen LogP contribution in [0.15, 0.2) is 0 Å².